The third kappa shape index (κ3) is 4.40. The number of hydrogen-bond acceptors (Lipinski definition) is 3. The molecule has 1 unspecified atom stereocenters. The number of halogens is 1. The minimum Gasteiger partial charge on any atom is -0.356 e. The maximum atomic E-state index is 12.6. The van der Waals surface area contributed by atoms with Gasteiger partial charge in [-0.3, -0.25) is 4.79 Å². The van der Waals surface area contributed by atoms with Crippen LogP contribution in [-0.4, -0.2) is 17.4 Å². The van der Waals surface area contributed by atoms with E-state index < -0.39 is 0 Å². The molecule has 1 amide bonds. The van der Waals surface area contributed by atoms with Crippen molar-refractivity contribution in [1.82, 2.24) is 10.3 Å². The summed E-state index contributed by atoms with van der Waals surface area (Å²) in [5.41, 5.74) is 3.46. The fourth-order valence-electron chi connectivity index (χ4n) is 3.47. The summed E-state index contributed by atoms with van der Waals surface area (Å²) in [6, 6.07) is 18.0. The van der Waals surface area contributed by atoms with Crippen molar-refractivity contribution in [1.29, 1.82) is 0 Å². The van der Waals surface area contributed by atoms with Crippen LogP contribution in [0.5, 0.6) is 0 Å². The average molecular weight is 397 g/mol. The summed E-state index contributed by atoms with van der Waals surface area (Å²) in [6.07, 6.45) is 3.34. The molecule has 0 radical (unpaired) electrons. The maximum Gasteiger partial charge on any atom is 0.223 e. The number of rotatable bonds is 5. The highest BCUT2D eigenvalue weighted by atomic mass is 35.5. The summed E-state index contributed by atoms with van der Waals surface area (Å²) in [4.78, 5) is 18.6. The SMILES string of the molecule is O=C(NCCc1cccc(Cl)c1)C1CCc2nc(-c3ccccc3)sc2C1. The van der Waals surface area contributed by atoms with Gasteiger partial charge in [0.1, 0.15) is 5.01 Å². The van der Waals surface area contributed by atoms with E-state index in [1.807, 2.05) is 42.5 Å². The first-order valence-electron chi connectivity index (χ1n) is 9.25. The smallest absolute Gasteiger partial charge is 0.223 e. The molecule has 1 atom stereocenters. The number of nitrogens with one attached hydrogen (secondary N) is 1. The van der Waals surface area contributed by atoms with E-state index in [1.54, 1.807) is 11.3 Å². The minimum absolute atomic E-state index is 0.0425. The van der Waals surface area contributed by atoms with E-state index in [-0.39, 0.29) is 11.8 Å². The summed E-state index contributed by atoms with van der Waals surface area (Å²) in [5, 5.41) is 4.88. The third-order valence-electron chi connectivity index (χ3n) is 4.93. The molecule has 1 aromatic heterocycles. The van der Waals surface area contributed by atoms with Crippen LogP contribution in [0.2, 0.25) is 5.02 Å². The number of aryl methyl sites for hydroxylation is 1. The third-order valence-corrected chi connectivity index (χ3v) is 6.34. The molecule has 0 saturated carbocycles. The minimum atomic E-state index is 0.0425. The van der Waals surface area contributed by atoms with Crippen molar-refractivity contribution in [2.45, 2.75) is 25.7 Å². The van der Waals surface area contributed by atoms with Crippen LogP contribution in [0.25, 0.3) is 10.6 Å². The lowest BCUT2D eigenvalue weighted by Gasteiger charge is -2.20. The second-order valence-electron chi connectivity index (χ2n) is 6.87. The van der Waals surface area contributed by atoms with Gasteiger partial charge in [0.15, 0.2) is 0 Å². The van der Waals surface area contributed by atoms with Crippen LogP contribution in [0.15, 0.2) is 54.6 Å². The predicted octanol–water partition coefficient (Wildman–Crippen LogP) is 4.93. The fraction of sp³-hybridized carbons (Fsp3) is 0.273. The fourth-order valence-corrected chi connectivity index (χ4v) is 4.88. The first-order valence-corrected chi connectivity index (χ1v) is 10.4. The molecular formula is C22H21ClN2OS. The second kappa shape index (κ2) is 8.24. The van der Waals surface area contributed by atoms with Gasteiger partial charge in [-0.25, -0.2) is 4.98 Å². The number of amides is 1. The van der Waals surface area contributed by atoms with E-state index in [4.69, 9.17) is 16.6 Å². The lowest BCUT2D eigenvalue weighted by Crippen LogP contribution is -2.35. The van der Waals surface area contributed by atoms with Gasteiger partial charge in [0.05, 0.1) is 5.69 Å². The first kappa shape index (κ1) is 18.2. The molecule has 4 rings (SSSR count). The Balaban J connectivity index is 1.35. The number of hydrogen-bond donors (Lipinski definition) is 1. The molecule has 0 bridgehead atoms. The highest BCUT2D eigenvalue weighted by Gasteiger charge is 2.27. The van der Waals surface area contributed by atoms with Gasteiger partial charge < -0.3 is 5.32 Å². The van der Waals surface area contributed by atoms with Crippen LogP contribution >= 0.6 is 22.9 Å². The Hall–Kier alpha value is -2.17. The van der Waals surface area contributed by atoms with E-state index in [2.05, 4.69) is 17.4 Å². The molecule has 27 heavy (non-hydrogen) atoms. The van der Waals surface area contributed by atoms with E-state index in [9.17, 15) is 4.79 Å². The molecule has 1 N–H and O–H groups in total. The normalized spacial score (nSPS) is 16.0. The zero-order valence-corrected chi connectivity index (χ0v) is 16.5. The zero-order chi connectivity index (χ0) is 18.6. The second-order valence-corrected chi connectivity index (χ2v) is 8.39. The molecular weight excluding hydrogens is 376 g/mol. The maximum absolute atomic E-state index is 12.6. The Morgan fingerprint density at radius 1 is 1.19 bits per heavy atom. The van der Waals surface area contributed by atoms with Gasteiger partial charge >= 0.3 is 0 Å². The molecule has 1 aliphatic carbocycles. The number of carbonyl (C=O) groups excluding carboxylic acids is 1. The van der Waals surface area contributed by atoms with Crippen LogP contribution in [0.1, 0.15) is 22.6 Å². The molecule has 1 heterocycles. The highest BCUT2D eigenvalue weighted by Crippen LogP contribution is 2.34. The van der Waals surface area contributed by atoms with Crippen molar-refractivity contribution in [2.24, 2.45) is 5.92 Å². The van der Waals surface area contributed by atoms with Gasteiger partial charge in [-0.05, 0) is 43.4 Å². The molecule has 138 valence electrons. The molecule has 5 heteroatoms. The molecule has 0 saturated heterocycles. The van der Waals surface area contributed by atoms with E-state index in [0.29, 0.717) is 6.54 Å². The molecule has 0 fully saturated rings. The van der Waals surface area contributed by atoms with Crippen molar-refractivity contribution in [3.8, 4) is 10.6 Å². The number of carbonyl (C=O) groups is 1. The van der Waals surface area contributed by atoms with Crippen LogP contribution in [-0.2, 0) is 24.1 Å². The highest BCUT2D eigenvalue weighted by molar-refractivity contribution is 7.15. The van der Waals surface area contributed by atoms with Crippen molar-refractivity contribution >= 4 is 28.8 Å². The van der Waals surface area contributed by atoms with Crippen molar-refractivity contribution in [3.63, 3.8) is 0 Å². The summed E-state index contributed by atoms with van der Waals surface area (Å²) >= 11 is 7.74. The lowest BCUT2D eigenvalue weighted by atomic mass is 9.90. The first-order chi connectivity index (χ1) is 13.2. The zero-order valence-electron chi connectivity index (χ0n) is 15.0. The van der Waals surface area contributed by atoms with Gasteiger partial charge in [-0.2, -0.15) is 0 Å². The molecule has 1 aliphatic rings. The predicted molar refractivity (Wildman–Crippen MR) is 111 cm³/mol. The van der Waals surface area contributed by atoms with Gasteiger partial charge in [0, 0.05) is 27.9 Å². The Bertz CT molecular complexity index is 938. The quantitative estimate of drug-likeness (QED) is 0.664. The Morgan fingerprint density at radius 3 is 2.85 bits per heavy atom. The van der Waals surface area contributed by atoms with Crippen LogP contribution in [0.4, 0.5) is 0 Å². The van der Waals surface area contributed by atoms with Crippen LogP contribution < -0.4 is 5.32 Å². The van der Waals surface area contributed by atoms with E-state index in [0.717, 1.165) is 46.8 Å². The number of benzene rings is 2. The standard InChI is InChI=1S/C22H21ClN2OS/c23-18-8-4-5-15(13-18)11-12-24-21(26)17-9-10-19-20(14-17)27-22(25-19)16-6-2-1-3-7-16/h1-8,13,17H,9-12,14H2,(H,24,26). The van der Waals surface area contributed by atoms with Crippen LogP contribution in [0.3, 0.4) is 0 Å². The summed E-state index contributed by atoms with van der Waals surface area (Å²) < 4.78 is 0. The van der Waals surface area contributed by atoms with Gasteiger partial charge in [0.25, 0.3) is 0 Å². The van der Waals surface area contributed by atoms with E-state index in [1.165, 1.54) is 10.6 Å². The monoisotopic (exact) mass is 396 g/mol. The molecule has 0 aliphatic heterocycles. The van der Waals surface area contributed by atoms with Crippen LogP contribution in [0, 0.1) is 5.92 Å². The Kier molecular flexibility index (Phi) is 5.55. The number of thiazole rings is 1. The number of fused-ring (bicyclic) bond motifs is 1. The molecule has 0 spiro atoms. The van der Waals surface area contributed by atoms with Gasteiger partial charge in [-0.1, -0.05) is 54.1 Å². The number of nitrogens with zero attached hydrogens (tertiary/aromatic N) is 1. The Morgan fingerprint density at radius 2 is 2.04 bits per heavy atom. The average Bonchev–Trinajstić information content (AvgIpc) is 3.12. The summed E-state index contributed by atoms with van der Waals surface area (Å²) in [5.74, 6) is 0.193. The van der Waals surface area contributed by atoms with Crippen molar-refractivity contribution in [3.05, 3.63) is 75.8 Å². The lowest BCUT2D eigenvalue weighted by molar-refractivity contribution is -0.125. The molecule has 2 aromatic carbocycles. The van der Waals surface area contributed by atoms with Crippen molar-refractivity contribution in [2.75, 3.05) is 6.54 Å². The topological polar surface area (TPSA) is 42.0 Å². The molecule has 3 aromatic rings. The van der Waals surface area contributed by atoms with Crippen molar-refractivity contribution < 1.29 is 4.79 Å². The summed E-state index contributed by atoms with van der Waals surface area (Å²) in [6.45, 7) is 0.639. The Labute approximate surface area is 168 Å². The van der Waals surface area contributed by atoms with Gasteiger partial charge in [0.2, 0.25) is 5.91 Å². The van der Waals surface area contributed by atoms with E-state index >= 15 is 0 Å². The summed E-state index contributed by atoms with van der Waals surface area (Å²) in [7, 11) is 0. The van der Waals surface area contributed by atoms with Gasteiger partial charge in [-0.15, -0.1) is 11.3 Å². The molecule has 3 nitrogen and oxygen atoms in total. The largest absolute Gasteiger partial charge is 0.356 e. The number of aromatic nitrogens is 1.